The van der Waals surface area contributed by atoms with Gasteiger partial charge in [0.2, 0.25) is 0 Å². The molecule has 31 heavy (non-hydrogen) atoms. The molecule has 0 amide bonds. The van der Waals surface area contributed by atoms with E-state index in [0.717, 1.165) is 27.2 Å². The van der Waals surface area contributed by atoms with Crippen LogP contribution in [-0.4, -0.2) is 6.03 Å². The summed E-state index contributed by atoms with van der Waals surface area (Å²) in [4.78, 5) is 13.6. The average Bonchev–Trinajstić information content (AvgIpc) is 2.79. The van der Waals surface area contributed by atoms with Gasteiger partial charge in [-0.3, -0.25) is 0 Å². The summed E-state index contributed by atoms with van der Waals surface area (Å²) < 4.78 is 0. The van der Waals surface area contributed by atoms with Crippen molar-refractivity contribution in [3.63, 3.8) is 0 Å². The van der Waals surface area contributed by atoms with Gasteiger partial charge in [-0.15, -0.1) is 0 Å². The second-order valence-corrected chi connectivity index (χ2v) is 13.6. The Morgan fingerprint density at radius 3 is 0.774 bits per heavy atom. The summed E-state index contributed by atoms with van der Waals surface area (Å²) in [5.41, 5.74) is 0. The van der Waals surface area contributed by atoms with Crippen LogP contribution < -0.4 is 21.2 Å². The van der Waals surface area contributed by atoms with Gasteiger partial charge in [-0.1, -0.05) is 0 Å². The van der Waals surface area contributed by atoms with E-state index >= 15 is 0 Å². The SMILES string of the molecule is O=CP(c1ccc(Cl)cc1)(c1ccc(Cl)cc1)(c1ccc(Cl)cc1)c1ccc(Cl)cc1. The van der Waals surface area contributed by atoms with Crippen LogP contribution in [0.1, 0.15) is 0 Å². The van der Waals surface area contributed by atoms with Crippen LogP contribution in [0.25, 0.3) is 0 Å². The van der Waals surface area contributed by atoms with Crippen LogP contribution >= 0.6 is 53.0 Å². The molecule has 4 aromatic carbocycles. The second-order valence-electron chi connectivity index (χ2n) is 7.20. The summed E-state index contributed by atoms with van der Waals surface area (Å²) >= 11 is 24.9. The van der Waals surface area contributed by atoms with Gasteiger partial charge in [0.1, 0.15) is 0 Å². The van der Waals surface area contributed by atoms with Gasteiger partial charge >= 0.3 is 202 Å². The minimum absolute atomic E-state index is 0.592. The van der Waals surface area contributed by atoms with E-state index in [1.54, 1.807) is 0 Å². The third kappa shape index (κ3) is 3.50. The second kappa shape index (κ2) is 8.58. The fraction of sp³-hybridized carbons (Fsp3) is 0. The van der Waals surface area contributed by atoms with Gasteiger partial charge in [0.15, 0.2) is 0 Å². The molecule has 0 saturated carbocycles. The maximum atomic E-state index is 13.6. The first kappa shape index (κ1) is 22.3. The van der Waals surface area contributed by atoms with E-state index in [4.69, 9.17) is 46.4 Å². The average molecular weight is 506 g/mol. The van der Waals surface area contributed by atoms with Crippen molar-refractivity contribution < 1.29 is 4.79 Å². The monoisotopic (exact) mass is 504 g/mol. The van der Waals surface area contributed by atoms with Crippen molar-refractivity contribution >= 4 is 80.3 Å². The Morgan fingerprint density at radius 2 is 0.613 bits per heavy atom. The molecule has 0 atom stereocenters. The van der Waals surface area contributed by atoms with E-state index in [-0.39, 0.29) is 0 Å². The third-order valence-corrected chi connectivity index (χ3v) is 12.6. The van der Waals surface area contributed by atoms with Crippen molar-refractivity contribution in [1.29, 1.82) is 0 Å². The van der Waals surface area contributed by atoms with E-state index in [1.165, 1.54) is 0 Å². The molecule has 0 bridgehead atoms. The van der Waals surface area contributed by atoms with Crippen molar-refractivity contribution in [3.05, 3.63) is 117 Å². The van der Waals surface area contributed by atoms with E-state index in [2.05, 4.69) is 0 Å². The summed E-state index contributed by atoms with van der Waals surface area (Å²) in [5.74, 6) is 0. The maximum absolute atomic E-state index is 13.6. The predicted octanol–water partition coefficient (Wildman–Crippen LogP) is 6.65. The Kier molecular flexibility index (Phi) is 6.19. The number of halogens is 4. The van der Waals surface area contributed by atoms with Crippen LogP contribution in [0.5, 0.6) is 0 Å². The Labute approximate surface area is 201 Å². The molecule has 0 aromatic heterocycles. The molecule has 0 saturated heterocycles. The van der Waals surface area contributed by atoms with Crippen LogP contribution in [-0.2, 0) is 4.79 Å². The van der Waals surface area contributed by atoms with Crippen molar-refractivity contribution in [1.82, 2.24) is 0 Å². The molecule has 4 aromatic rings. The molecule has 0 aliphatic rings. The zero-order chi connectivity index (χ0) is 22.1. The molecule has 4 rings (SSSR count). The molecule has 0 unspecified atom stereocenters. The minimum atomic E-state index is -3.85. The predicted molar refractivity (Wildman–Crippen MR) is 138 cm³/mol. The summed E-state index contributed by atoms with van der Waals surface area (Å²) in [7, 11) is 0. The van der Waals surface area contributed by atoms with Gasteiger partial charge in [-0.05, 0) is 0 Å². The molecule has 0 fully saturated rings. The topological polar surface area (TPSA) is 17.1 Å². The first-order valence-electron chi connectivity index (χ1n) is 9.43. The number of hydrogen-bond acceptors (Lipinski definition) is 1. The molecular weight excluding hydrogens is 489 g/mol. The van der Waals surface area contributed by atoms with Gasteiger partial charge in [0.25, 0.3) is 0 Å². The van der Waals surface area contributed by atoms with Gasteiger partial charge in [-0.2, -0.15) is 0 Å². The Hall–Kier alpha value is -1.86. The number of hydrogen-bond donors (Lipinski definition) is 0. The molecule has 0 aliphatic carbocycles. The molecule has 156 valence electrons. The zero-order valence-electron chi connectivity index (χ0n) is 16.2. The first-order chi connectivity index (χ1) is 14.9. The Morgan fingerprint density at radius 1 is 0.419 bits per heavy atom. The normalized spacial score (nSPS) is 12.7. The van der Waals surface area contributed by atoms with E-state index in [0.29, 0.717) is 20.1 Å². The Bertz CT molecular complexity index is 1030. The fourth-order valence-corrected chi connectivity index (χ4v) is 9.99. The summed E-state index contributed by atoms with van der Waals surface area (Å²) in [6.07, 6.45) is 0. The Balaban J connectivity index is 2.27. The fourth-order valence-electron chi connectivity index (χ4n) is 4.14. The van der Waals surface area contributed by atoms with Crippen LogP contribution in [0.3, 0.4) is 0 Å². The summed E-state index contributed by atoms with van der Waals surface area (Å²) in [6.45, 7) is -3.85. The van der Waals surface area contributed by atoms with E-state index in [1.807, 2.05) is 97.1 Å². The zero-order valence-corrected chi connectivity index (χ0v) is 20.1. The van der Waals surface area contributed by atoms with E-state index in [9.17, 15) is 4.79 Å². The summed E-state index contributed by atoms with van der Waals surface area (Å²) in [5, 5.41) is 5.80. The first-order valence-corrected chi connectivity index (χ1v) is 13.2. The molecule has 0 heterocycles. The van der Waals surface area contributed by atoms with Crippen LogP contribution in [0.15, 0.2) is 97.1 Å². The van der Waals surface area contributed by atoms with Crippen LogP contribution in [0, 0.1) is 0 Å². The van der Waals surface area contributed by atoms with Gasteiger partial charge in [0.05, 0.1) is 0 Å². The van der Waals surface area contributed by atoms with Crippen molar-refractivity contribution in [3.8, 4) is 0 Å². The van der Waals surface area contributed by atoms with Crippen molar-refractivity contribution in [2.24, 2.45) is 0 Å². The van der Waals surface area contributed by atoms with E-state index < -0.39 is 6.60 Å². The summed E-state index contributed by atoms with van der Waals surface area (Å²) in [6, 6.07) is 31.0. The molecule has 0 radical (unpaired) electrons. The molecule has 6 heteroatoms. The number of carbonyl (C=O) groups excluding carboxylic acids is 1. The van der Waals surface area contributed by atoms with Gasteiger partial charge in [0, 0.05) is 0 Å². The number of carbonyl (C=O) groups is 1. The molecule has 0 aliphatic heterocycles. The van der Waals surface area contributed by atoms with Crippen molar-refractivity contribution in [2.45, 2.75) is 0 Å². The molecular formula is C25H17Cl4OP. The van der Waals surface area contributed by atoms with Gasteiger partial charge in [-0.25, -0.2) is 0 Å². The molecule has 0 spiro atoms. The number of rotatable bonds is 5. The quantitative estimate of drug-likeness (QED) is 0.219. The van der Waals surface area contributed by atoms with Crippen LogP contribution in [0.4, 0.5) is 0 Å². The number of benzene rings is 4. The standard InChI is InChI=1S/C25H17Cl4OP/c26-18-1-9-22(10-2-18)31(17-30,23-11-3-19(27)4-12-23,24-13-5-20(28)6-14-24)25-15-7-21(29)8-16-25/h1-17H. The van der Waals surface area contributed by atoms with Crippen molar-refractivity contribution in [2.75, 3.05) is 0 Å². The third-order valence-electron chi connectivity index (χ3n) is 5.66. The molecule has 1 nitrogen and oxygen atoms in total. The molecule has 0 N–H and O–H groups in total. The van der Waals surface area contributed by atoms with Crippen LogP contribution in [0.2, 0.25) is 20.1 Å². The van der Waals surface area contributed by atoms with Gasteiger partial charge < -0.3 is 0 Å².